The Morgan fingerprint density at radius 1 is 0.552 bits per heavy atom. The minimum atomic E-state index is -4.52. The first kappa shape index (κ1) is 56.4. The summed E-state index contributed by atoms with van der Waals surface area (Å²) in [6, 6.07) is 0. The van der Waals surface area contributed by atoms with Gasteiger partial charge in [0.1, 0.15) is 12.2 Å². The molecule has 9 nitrogen and oxygen atoms in total. The second-order valence-electron chi connectivity index (χ2n) is 15.8. The van der Waals surface area contributed by atoms with E-state index in [2.05, 4.69) is 62.5 Å². The zero-order chi connectivity index (χ0) is 42.5. The van der Waals surface area contributed by atoms with Crippen molar-refractivity contribution in [3.63, 3.8) is 0 Å². The van der Waals surface area contributed by atoms with E-state index in [9.17, 15) is 19.4 Å². The normalized spacial score (nSPS) is 14.4. The van der Waals surface area contributed by atoms with Crippen molar-refractivity contribution in [2.45, 2.75) is 219 Å². The van der Waals surface area contributed by atoms with Crippen LogP contribution in [0.25, 0.3) is 0 Å². The number of phosphoric acid groups is 1. The number of carbonyl (C=O) groups excluding carboxylic acids is 1. The van der Waals surface area contributed by atoms with Gasteiger partial charge >= 0.3 is 13.8 Å². The van der Waals surface area contributed by atoms with Crippen molar-refractivity contribution >= 4 is 13.8 Å². The van der Waals surface area contributed by atoms with Gasteiger partial charge in [-0.15, -0.1) is 0 Å². The molecule has 0 rings (SSSR count). The standard InChI is InChI=1S/C48H89O9P/c1-3-5-7-9-11-13-15-17-19-21-22-23-24-25-26-28-30-32-34-36-38-40-48(51)57-47(45-56-58(52,53)55-43-46(50)42-49)44-54-41-39-37-35-33-31-29-27-20-18-16-14-12-10-8-6-4-2/h5,7,11,13,17,19,22-23,46-47,49-50H,3-4,6,8-10,12,14-16,18,20-21,24-45H2,1-2H3,(H,52,53)/b7-5-,13-11-,19-17-,23-22-. The lowest BCUT2D eigenvalue weighted by Gasteiger charge is -2.20. The maximum Gasteiger partial charge on any atom is 0.472 e. The fourth-order valence-electron chi connectivity index (χ4n) is 6.47. The molecule has 340 valence electrons. The summed E-state index contributed by atoms with van der Waals surface area (Å²) < 4.78 is 33.5. The predicted molar refractivity (Wildman–Crippen MR) is 242 cm³/mol. The third-order valence-corrected chi connectivity index (χ3v) is 11.0. The highest BCUT2D eigenvalue weighted by atomic mass is 31.2. The second kappa shape index (κ2) is 45.0. The molecule has 0 radical (unpaired) electrons. The van der Waals surface area contributed by atoms with Crippen molar-refractivity contribution in [2.75, 3.05) is 33.0 Å². The number of aliphatic hydroxyl groups is 2. The van der Waals surface area contributed by atoms with Crippen LogP contribution >= 0.6 is 7.82 Å². The summed E-state index contributed by atoms with van der Waals surface area (Å²) in [7, 11) is -4.52. The molecular weight excluding hydrogens is 751 g/mol. The number of unbranched alkanes of at least 4 members (excludes halogenated alkanes) is 23. The van der Waals surface area contributed by atoms with Gasteiger partial charge in [0.15, 0.2) is 0 Å². The molecule has 0 aliphatic carbocycles. The smallest absolute Gasteiger partial charge is 0.457 e. The van der Waals surface area contributed by atoms with Crippen LogP contribution < -0.4 is 0 Å². The largest absolute Gasteiger partial charge is 0.472 e. The summed E-state index contributed by atoms with van der Waals surface area (Å²) in [5.41, 5.74) is 0. The fourth-order valence-corrected chi connectivity index (χ4v) is 7.25. The number of aliphatic hydroxyl groups excluding tert-OH is 2. The van der Waals surface area contributed by atoms with E-state index in [1.54, 1.807) is 0 Å². The maximum atomic E-state index is 12.7. The van der Waals surface area contributed by atoms with E-state index in [4.69, 9.17) is 23.6 Å². The van der Waals surface area contributed by atoms with Gasteiger partial charge in [0.2, 0.25) is 0 Å². The van der Waals surface area contributed by atoms with Crippen LogP contribution in [-0.4, -0.2) is 66.3 Å². The lowest BCUT2D eigenvalue weighted by Crippen LogP contribution is -2.29. The lowest BCUT2D eigenvalue weighted by atomic mass is 10.0. The number of phosphoric ester groups is 1. The van der Waals surface area contributed by atoms with Crippen LogP contribution in [0.4, 0.5) is 0 Å². The molecule has 0 aliphatic rings. The Morgan fingerprint density at radius 2 is 0.983 bits per heavy atom. The molecular formula is C48H89O9P. The molecule has 3 atom stereocenters. The molecule has 0 saturated carbocycles. The quantitative estimate of drug-likeness (QED) is 0.0237. The number of esters is 1. The topological polar surface area (TPSA) is 132 Å². The van der Waals surface area contributed by atoms with E-state index in [1.165, 1.54) is 116 Å². The predicted octanol–water partition coefficient (Wildman–Crippen LogP) is 13.4. The number of hydrogen-bond donors (Lipinski definition) is 3. The van der Waals surface area contributed by atoms with Gasteiger partial charge in [-0.05, 0) is 51.4 Å². The van der Waals surface area contributed by atoms with Gasteiger partial charge in [0, 0.05) is 13.0 Å². The zero-order valence-corrected chi connectivity index (χ0v) is 38.2. The van der Waals surface area contributed by atoms with Gasteiger partial charge in [-0.2, -0.15) is 0 Å². The molecule has 3 N–H and O–H groups in total. The summed E-state index contributed by atoms with van der Waals surface area (Å²) in [5, 5.41) is 18.4. The average Bonchev–Trinajstić information content (AvgIpc) is 3.21. The SMILES string of the molecule is CC/C=C\C/C=C\C/C=C\C/C=C\CCCCCCCCCCC(=O)OC(COCCCCCCCCCCCCCCCCCC)COP(=O)(O)OCC(O)CO. The molecule has 0 spiro atoms. The van der Waals surface area contributed by atoms with Crippen LogP contribution in [0.5, 0.6) is 0 Å². The summed E-state index contributed by atoms with van der Waals surface area (Å²) in [4.78, 5) is 22.6. The van der Waals surface area contributed by atoms with Crippen LogP contribution in [0, 0.1) is 0 Å². The van der Waals surface area contributed by atoms with Gasteiger partial charge in [-0.3, -0.25) is 13.8 Å². The molecule has 10 heteroatoms. The fraction of sp³-hybridized carbons (Fsp3) is 0.812. The van der Waals surface area contributed by atoms with E-state index in [0.29, 0.717) is 6.61 Å². The van der Waals surface area contributed by atoms with Crippen LogP contribution in [-0.2, 0) is 27.9 Å². The van der Waals surface area contributed by atoms with E-state index < -0.39 is 33.2 Å². The Labute approximate surface area is 356 Å². The number of ether oxygens (including phenoxy) is 2. The third kappa shape index (κ3) is 44.0. The second-order valence-corrected chi connectivity index (χ2v) is 17.2. The van der Waals surface area contributed by atoms with Crippen molar-refractivity contribution in [3.05, 3.63) is 48.6 Å². The molecule has 0 aromatic heterocycles. The van der Waals surface area contributed by atoms with Crippen LogP contribution in [0.15, 0.2) is 48.6 Å². The monoisotopic (exact) mass is 841 g/mol. The highest BCUT2D eigenvalue weighted by Crippen LogP contribution is 2.43. The van der Waals surface area contributed by atoms with Gasteiger partial charge in [0.05, 0.1) is 26.4 Å². The first-order chi connectivity index (χ1) is 28.3. The summed E-state index contributed by atoms with van der Waals surface area (Å²) in [5.74, 6) is -0.389. The van der Waals surface area contributed by atoms with Crippen molar-refractivity contribution in [1.82, 2.24) is 0 Å². The number of allylic oxidation sites excluding steroid dienone is 8. The molecule has 0 aromatic carbocycles. The van der Waals surface area contributed by atoms with Gasteiger partial charge in [-0.1, -0.05) is 197 Å². The van der Waals surface area contributed by atoms with Crippen LogP contribution in [0.1, 0.15) is 206 Å². The van der Waals surface area contributed by atoms with Crippen LogP contribution in [0.3, 0.4) is 0 Å². The van der Waals surface area contributed by atoms with Gasteiger partial charge < -0.3 is 24.6 Å². The minimum absolute atomic E-state index is 0.0476. The Balaban J connectivity index is 4.12. The van der Waals surface area contributed by atoms with Crippen molar-refractivity contribution in [2.24, 2.45) is 0 Å². The molecule has 0 aromatic rings. The molecule has 0 bridgehead atoms. The number of rotatable bonds is 45. The first-order valence-electron chi connectivity index (χ1n) is 23.6. The molecule has 0 amide bonds. The summed E-state index contributed by atoms with van der Waals surface area (Å²) in [6.45, 7) is 3.42. The minimum Gasteiger partial charge on any atom is -0.457 e. The Morgan fingerprint density at radius 3 is 1.48 bits per heavy atom. The Hall–Kier alpha value is -1.58. The molecule has 0 aliphatic heterocycles. The summed E-state index contributed by atoms with van der Waals surface area (Å²) in [6.07, 6.45) is 50.7. The number of carbonyl (C=O) groups is 1. The van der Waals surface area contributed by atoms with Crippen LogP contribution in [0.2, 0.25) is 0 Å². The third-order valence-electron chi connectivity index (χ3n) is 10.0. The van der Waals surface area contributed by atoms with E-state index in [0.717, 1.165) is 70.6 Å². The summed E-state index contributed by atoms with van der Waals surface area (Å²) >= 11 is 0. The average molecular weight is 841 g/mol. The molecule has 0 saturated heterocycles. The van der Waals surface area contributed by atoms with Crippen molar-refractivity contribution in [3.8, 4) is 0 Å². The van der Waals surface area contributed by atoms with Crippen molar-refractivity contribution in [1.29, 1.82) is 0 Å². The van der Waals surface area contributed by atoms with Gasteiger partial charge in [0.25, 0.3) is 0 Å². The van der Waals surface area contributed by atoms with E-state index >= 15 is 0 Å². The molecule has 58 heavy (non-hydrogen) atoms. The highest BCUT2D eigenvalue weighted by molar-refractivity contribution is 7.47. The highest BCUT2D eigenvalue weighted by Gasteiger charge is 2.26. The first-order valence-corrected chi connectivity index (χ1v) is 25.1. The lowest BCUT2D eigenvalue weighted by molar-refractivity contribution is -0.154. The molecule has 0 fully saturated rings. The maximum absolute atomic E-state index is 12.7. The van der Waals surface area contributed by atoms with E-state index in [1.807, 2.05) is 0 Å². The number of hydrogen-bond acceptors (Lipinski definition) is 8. The Bertz CT molecular complexity index is 1040. The molecule has 0 heterocycles. The molecule has 3 unspecified atom stereocenters. The van der Waals surface area contributed by atoms with Gasteiger partial charge in [-0.25, -0.2) is 4.57 Å². The zero-order valence-electron chi connectivity index (χ0n) is 37.3. The van der Waals surface area contributed by atoms with E-state index in [-0.39, 0.29) is 25.6 Å². The van der Waals surface area contributed by atoms with Crippen molar-refractivity contribution < 1.29 is 43.0 Å². The Kier molecular flexibility index (Phi) is 43.7.